The van der Waals surface area contributed by atoms with E-state index in [1.165, 1.54) is 11.3 Å². The molecule has 1 amide bonds. The summed E-state index contributed by atoms with van der Waals surface area (Å²) in [6.07, 6.45) is 2.63. The van der Waals surface area contributed by atoms with Crippen LogP contribution in [0.25, 0.3) is 0 Å². The first-order valence-corrected chi connectivity index (χ1v) is 8.10. The fourth-order valence-corrected chi connectivity index (χ4v) is 3.88. The zero-order valence-electron chi connectivity index (χ0n) is 11.4. The molecular weight excluding hydrogens is 365 g/mol. The summed E-state index contributed by atoms with van der Waals surface area (Å²) in [5, 5.41) is 4.20. The molecule has 0 unspecified atom stereocenters. The molecular formula is C14H14Cl3N3OS. The quantitative estimate of drug-likeness (QED) is 0.831. The number of aromatic nitrogens is 1. The van der Waals surface area contributed by atoms with Crippen molar-refractivity contribution in [2.24, 2.45) is 5.73 Å². The third-order valence-corrected chi connectivity index (χ3v) is 4.96. The van der Waals surface area contributed by atoms with Gasteiger partial charge in [-0.05, 0) is 37.5 Å². The largest absolute Gasteiger partial charge is 0.327 e. The second kappa shape index (κ2) is 7.15. The summed E-state index contributed by atoms with van der Waals surface area (Å²) in [6, 6.07) is 4.97. The fourth-order valence-electron chi connectivity index (χ4n) is 2.29. The van der Waals surface area contributed by atoms with Crippen LogP contribution in [0.5, 0.6) is 0 Å². The van der Waals surface area contributed by atoms with Crippen molar-refractivity contribution in [3.63, 3.8) is 0 Å². The Labute approximate surface area is 148 Å². The molecule has 1 aromatic heterocycles. The number of amides is 1. The van der Waals surface area contributed by atoms with E-state index >= 15 is 0 Å². The highest BCUT2D eigenvalue weighted by Crippen LogP contribution is 2.30. The number of carbonyl (C=O) groups is 1. The van der Waals surface area contributed by atoms with Gasteiger partial charge in [0.1, 0.15) is 0 Å². The maximum absolute atomic E-state index is 12.2. The third kappa shape index (κ3) is 3.73. The van der Waals surface area contributed by atoms with E-state index in [1.54, 1.807) is 18.2 Å². The number of rotatable bonds is 2. The molecule has 8 heteroatoms. The molecule has 1 atom stereocenters. The molecule has 1 aromatic carbocycles. The van der Waals surface area contributed by atoms with Crippen molar-refractivity contribution >= 4 is 58.0 Å². The fraction of sp³-hybridized carbons (Fsp3) is 0.286. The van der Waals surface area contributed by atoms with Gasteiger partial charge in [-0.15, -0.1) is 23.7 Å². The van der Waals surface area contributed by atoms with Crippen molar-refractivity contribution in [2.75, 3.05) is 5.32 Å². The lowest BCUT2D eigenvalue weighted by atomic mass is 9.99. The SMILES string of the molecule is Cl.N[C@H]1CCc2nc(NC(=O)c3ccc(Cl)cc3Cl)sc2C1. The van der Waals surface area contributed by atoms with Crippen LogP contribution in [0.2, 0.25) is 10.0 Å². The zero-order chi connectivity index (χ0) is 15.0. The molecule has 1 heterocycles. The number of nitrogens with one attached hydrogen (secondary N) is 1. The molecule has 118 valence electrons. The lowest BCUT2D eigenvalue weighted by Crippen LogP contribution is -2.27. The van der Waals surface area contributed by atoms with Crippen LogP contribution in [0, 0.1) is 0 Å². The topological polar surface area (TPSA) is 68.0 Å². The number of halogens is 3. The molecule has 2 aromatic rings. The van der Waals surface area contributed by atoms with Gasteiger partial charge in [-0.25, -0.2) is 4.98 Å². The molecule has 0 aliphatic heterocycles. The molecule has 1 aliphatic carbocycles. The van der Waals surface area contributed by atoms with E-state index in [0.717, 1.165) is 29.8 Å². The van der Waals surface area contributed by atoms with E-state index in [0.29, 0.717) is 20.7 Å². The van der Waals surface area contributed by atoms with Gasteiger partial charge in [-0.3, -0.25) is 10.1 Å². The maximum atomic E-state index is 12.2. The Bertz CT molecular complexity index is 705. The second-order valence-corrected chi connectivity index (χ2v) is 6.90. The first kappa shape index (κ1) is 17.5. The summed E-state index contributed by atoms with van der Waals surface area (Å²) in [4.78, 5) is 17.8. The zero-order valence-corrected chi connectivity index (χ0v) is 14.6. The minimum atomic E-state index is -0.285. The Hall–Kier alpha value is -0.850. The van der Waals surface area contributed by atoms with Crippen molar-refractivity contribution < 1.29 is 4.79 Å². The van der Waals surface area contributed by atoms with Crippen LogP contribution in [-0.4, -0.2) is 16.9 Å². The summed E-state index contributed by atoms with van der Waals surface area (Å²) in [5.74, 6) is -0.285. The van der Waals surface area contributed by atoms with Crippen molar-refractivity contribution in [1.29, 1.82) is 0 Å². The van der Waals surface area contributed by atoms with Crippen LogP contribution in [0.3, 0.4) is 0 Å². The van der Waals surface area contributed by atoms with E-state index in [9.17, 15) is 4.79 Å². The van der Waals surface area contributed by atoms with E-state index in [2.05, 4.69) is 10.3 Å². The summed E-state index contributed by atoms with van der Waals surface area (Å²) < 4.78 is 0. The van der Waals surface area contributed by atoms with Gasteiger partial charge in [0.05, 0.1) is 16.3 Å². The van der Waals surface area contributed by atoms with Crippen LogP contribution in [0.1, 0.15) is 27.3 Å². The predicted molar refractivity (Wildman–Crippen MR) is 93.8 cm³/mol. The highest BCUT2D eigenvalue weighted by molar-refractivity contribution is 7.15. The Morgan fingerprint density at radius 1 is 1.41 bits per heavy atom. The highest BCUT2D eigenvalue weighted by atomic mass is 35.5. The van der Waals surface area contributed by atoms with Crippen molar-refractivity contribution in [2.45, 2.75) is 25.3 Å². The molecule has 22 heavy (non-hydrogen) atoms. The number of hydrogen-bond acceptors (Lipinski definition) is 4. The van der Waals surface area contributed by atoms with Crippen molar-refractivity contribution in [3.8, 4) is 0 Å². The van der Waals surface area contributed by atoms with Gasteiger partial charge in [0, 0.05) is 15.9 Å². The van der Waals surface area contributed by atoms with E-state index in [1.807, 2.05) is 0 Å². The highest BCUT2D eigenvalue weighted by Gasteiger charge is 2.21. The van der Waals surface area contributed by atoms with Gasteiger partial charge in [0.15, 0.2) is 5.13 Å². The number of carbonyl (C=O) groups excluding carboxylic acids is 1. The lowest BCUT2D eigenvalue weighted by molar-refractivity contribution is 0.102. The van der Waals surface area contributed by atoms with Gasteiger partial charge in [-0.2, -0.15) is 0 Å². The third-order valence-electron chi connectivity index (χ3n) is 3.37. The molecule has 0 spiro atoms. The van der Waals surface area contributed by atoms with E-state index < -0.39 is 0 Å². The van der Waals surface area contributed by atoms with Gasteiger partial charge in [-0.1, -0.05) is 23.2 Å². The van der Waals surface area contributed by atoms with Crippen molar-refractivity contribution in [1.82, 2.24) is 4.98 Å². The Morgan fingerprint density at radius 2 is 2.18 bits per heavy atom. The van der Waals surface area contributed by atoms with Gasteiger partial charge in [0.25, 0.3) is 5.91 Å². The number of nitrogens with two attached hydrogens (primary N) is 1. The Morgan fingerprint density at radius 3 is 2.91 bits per heavy atom. The second-order valence-electron chi connectivity index (χ2n) is 4.97. The van der Waals surface area contributed by atoms with E-state index in [4.69, 9.17) is 28.9 Å². The number of fused-ring (bicyclic) bond motifs is 1. The number of hydrogen-bond donors (Lipinski definition) is 2. The smallest absolute Gasteiger partial charge is 0.258 e. The normalized spacial score (nSPS) is 16.6. The van der Waals surface area contributed by atoms with Gasteiger partial charge >= 0.3 is 0 Å². The summed E-state index contributed by atoms with van der Waals surface area (Å²) in [5.41, 5.74) is 7.37. The minimum absolute atomic E-state index is 0. The molecule has 0 saturated heterocycles. The minimum Gasteiger partial charge on any atom is -0.327 e. The summed E-state index contributed by atoms with van der Waals surface area (Å²) >= 11 is 13.3. The molecule has 1 aliphatic rings. The molecule has 0 saturated carbocycles. The maximum Gasteiger partial charge on any atom is 0.258 e. The number of anilines is 1. The number of thiazole rings is 1. The van der Waals surface area contributed by atoms with Crippen molar-refractivity contribution in [3.05, 3.63) is 44.4 Å². The number of aryl methyl sites for hydroxylation is 1. The van der Waals surface area contributed by atoms with Crippen LogP contribution in [0.4, 0.5) is 5.13 Å². The Kier molecular flexibility index (Phi) is 5.69. The van der Waals surface area contributed by atoms with E-state index in [-0.39, 0.29) is 24.4 Å². The Balaban J connectivity index is 0.00000176. The van der Waals surface area contributed by atoms with Gasteiger partial charge in [0.2, 0.25) is 0 Å². The molecule has 3 N–H and O–H groups in total. The standard InChI is InChI=1S/C14H13Cl2N3OS.ClH/c15-7-1-3-9(10(16)5-7)13(20)19-14-18-11-4-2-8(17)6-12(11)21-14;/h1,3,5,8H,2,4,6,17H2,(H,18,19,20);1H/t8-;/m0./s1. The van der Waals surface area contributed by atoms with Crippen LogP contribution >= 0.6 is 46.9 Å². The predicted octanol–water partition coefficient (Wildman–Crippen LogP) is 3.94. The molecule has 0 radical (unpaired) electrons. The molecule has 0 bridgehead atoms. The first-order valence-electron chi connectivity index (χ1n) is 6.53. The molecule has 3 rings (SSSR count). The van der Waals surface area contributed by atoms with Crippen LogP contribution < -0.4 is 11.1 Å². The van der Waals surface area contributed by atoms with Crippen LogP contribution in [0.15, 0.2) is 18.2 Å². The number of benzene rings is 1. The molecule has 4 nitrogen and oxygen atoms in total. The summed E-state index contributed by atoms with van der Waals surface area (Å²) in [6.45, 7) is 0. The molecule has 0 fully saturated rings. The average molecular weight is 379 g/mol. The van der Waals surface area contributed by atoms with Gasteiger partial charge < -0.3 is 5.73 Å². The monoisotopic (exact) mass is 377 g/mol. The summed E-state index contributed by atoms with van der Waals surface area (Å²) in [7, 11) is 0. The number of nitrogens with zero attached hydrogens (tertiary/aromatic N) is 1. The van der Waals surface area contributed by atoms with Crippen LogP contribution in [-0.2, 0) is 12.8 Å². The average Bonchev–Trinajstić information content (AvgIpc) is 2.79. The lowest BCUT2D eigenvalue weighted by Gasteiger charge is -2.15. The first-order chi connectivity index (χ1) is 10.0.